The van der Waals surface area contributed by atoms with Crippen LogP contribution in [0.4, 0.5) is 14.9 Å². The van der Waals surface area contributed by atoms with Crippen molar-refractivity contribution in [2.75, 3.05) is 57.4 Å². The van der Waals surface area contributed by atoms with Gasteiger partial charge in [0, 0.05) is 55.7 Å². The van der Waals surface area contributed by atoms with Crippen LogP contribution >= 0.6 is 0 Å². The molecule has 8 nitrogen and oxygen atoms in total. The summed E-state index contributed by atoms with van der Waals surface area (Å²) in [6.07, 6.45) is 5.42. The molecular weight excluding hydrogens is 485 g/mol. The third-order valence-electron chi connectivity index (χ3n) is 8.28. The van der Waals surface area contributed by atoms with Crippen LogP contribution in [0.2, 0.25) is 0 Å². The highest BCUT2D eigenvalue weighted by atomic mass is 19.1. The number of carbonyl (C=O) groups excluding carboxylic acids is 1. The van der Waals surface area contributed by atoms with Gasteiger partial charge in [0.2, 0.25) is 0 Å². The summed E-state index contributed by atoms with van der Waals surface area (Å²) in [6.45, 7) is 10.1. The Bertz CT molecular complexity index is 1290. The number of rotatable bonds is 5. The number of likely N-dealkylation sites (tertiary alicyclic amines) is 1. The van der Waals surface area contributed by atoms with Gasteiger partial charge in [0.25, 0.3) is 0 Å². The molecule has 202 valence electrons. The van der Waals surface area contributed by atoms with E-state index < -0.39 is 0 Å². The molecule has 3 aliphatic heterocycles. The van der Waals surface area contributed by atoms with Crippen LogP contribution in [-0.2, 0) is 9.47 Å². The molecular formula is C29H36FN5O3. The summed E-state index contributed by atoms with van der Waals surface area (Å²) in [4.78, 5) is 18.9. The monoisotopic (exact) mass is 521 g/mol. The molecule has 5 heterocycles. The molecule has 0 spiro atoms. The molecule has 0 atom stereocenters. The zero-order valence-electron chi connectivity index (χ0n) is 22.2. The summed E-state index contributed by atoms with van der Waals surface area (Å²) in [5.74, 6) is 0.225. The van der Waals surface area contributed by atoms with Gasteiger partial charge in [-0.1, -0.05) is 12.1 Å². The molecule has 0 radical (unpaired) electrons. The minimum absolute atomic E-state index is 0.119. The Labute approximate surface area is 222 Å². The fraction of sp³-hybridized carbons (Fsp3) is 0.517. The van der Waals surface area contributed by atoms with Gasteiger partial charge in [-0.2, -0.15) is 5.10 Å². The number of piperazine rings is 1. The number of carbonyl (C=O) groups is 1. The molecule has 3 saturated heterocycles. The number of anilines is 1. The second-order valence-electron chi connectivity index (χ2n) is 10.9. The van der Waals surface area contributed by atoms with Gasteiger partial charge in [-0.3, -0.25) is 0 Å². The molecule has 0 saturated carbocycles. The third-order valence-corrected chi connectivity index (χ3v) is 8.28. The molecule has 1 amide bonds. The number of amides is 1. The van der Waals surface area contributed by atoms with Gasteiger partial charge in [-0.05, 0) is 69.5 Å². The Hall–Kier alpha value is -3.17. The number of nitrogens with zero attached hydrogens (tertiary/aromatic N) is 5. The van der Waals surface area contributed by atoms with Crippen LogP contribution in [0.3, 0.4) is 0 Å². The van der Waals surface area contributed by atoms with Gasteiger partial charge in [0.15, 0.2) is 6.10 Å². The van der Waals surface area contributed by atoms with Gasteiger partial charge in [-0.15, -0.1) is 0 Å². The number of hydrogen-bond acceptors (Lipinski definition) is 6. The maximum Gasteiger partial charge on any atom is 0.410 e. The van der Waals surface area contributed by atoms with Crippen molar-refractivity contribution in [2.24, 2.45) is 0 Å². The molecule has 6 rings (SSSR count). The average Bonchev–Trinajstić information content (AvgIpc) is 3.35. The van der Waals surface area contributed by atoms with Crippen molar-refractivity contribution >= 4 is 17.3 Å². The van der Waals surface area contributed by atoms with E-state index in [-0.39, 0.29) is 18.0 Å². The summed E-state index contributed by atoms with van der Waals surface area (Å²) >= 11 is 0. The quantitative estimate of drug-likeness (QED) is 0.497. The van der Waals surface area contributed by atoms with E-state index in [1.807, 2.05) is 28.9 Å². The molecule has 3 aromatic rings. The van der Waals surface area contributed by atoms with E-state index in [4.69, 9.17) is 9.47 Å². The maximum atomic E-state index is 15.4. The van der Waals surface area contributed by atoms with Crippen LogP contribution in [0, 0.1) is 5.82 Å². The van der Waals surface area contributed by atoms with Gasteiger partial charge >= 0.3 is 6.09 Å². The Morgan fingerprint density at radius 1 is 1.05 bits per heavy atom. The first-order chi connectivity index (χ1) is 18.5. The number of fused-ring (bicyclic) bond motifs is 1. The summed E-state index contributed by atoms with van der Waals surface area (Å²) in [6, 6.07) is 10.3. The fourth-order valence-electron chi connectivity index (χ4n) is 5.81. The summed E-state index contributed by atoms with van der Waals surface area (Å²) in [7, 11) is 0. The van der Waals surface area contributed by atoms with Crippen LogP contribution in [0.1, 0.15) is 38.2 Å². The lowest BCUT2D eigenvalue weighted by Crippen LogP contribution is -2.51. The molecule has 0 N–H and O–H groups in total. The number of halogens is 1. The molecule has 3 aliphatic rings. The van der Waals surface area contributed by atoms with Crippen molar-refractivity contribution in [1.29, 1.82) is 0 Å². The smallest absolute Gasteiger partial charge is 0.410 e. The van der Waals surface area contributed by atoms with Crippen LogP contribution in [0.5, 0.6) is 0 Å². The van der Waals surface area contributed by atoms with E-state index in [1.54, 1.807) is 17.2 Å². The molecule has 38 heavy (non-hydrogen) atoms. The average molecular weight is 522 g/mol. The number of piperidine rings is 1. The Balaban J connectivity index is 1.16. The summed E-state index contributed by atoms with van der Waals surface area (Å²) < 4.78 is 27.8. The Morgan fingerprint density at radius 2 is 1.82 bits per heavy atom. The molecule has 0 bridgehead atoms. The first kappa shape index (κ1) is 25.1. The first-order valence-corrected chi connectivity index (χ1v) is 13.8. The lowest BCUT2D eigenvalue weighted by molar-refractivity contribution is -0.104. The fourth-order valence-corrected chi connectivity index (χ4v) is 5.81. The summed E-state index contributed by atoms with van der Waals surface area (Å²) in [5, 5.41) is 4.48. The highest BCUT2D eigenvalue weighted by Gasteiger charge is 2.29. The van der Waals surface area contributed by atoms with E-state index in [2.05, 4.69) is 34.8 Å². The Kier molecular flexibility index (Phi) is 6.97. The second kappa shape index (κ2) is 10.5. The zero-order chi connectivity index (χ0) is 26.2. The van der Waals surface area contributed by atoms with Crippen molar-refractivity contribution < 1.29 is 18.7 Å². The van der Waals surface area contributed by atoms with Crippen molar-refractivity contribution in [3.63, 3.8) is 0 Å². The highest BCUT2D eigenvalue weighted by molar-refractivity contribution is 5.80. The summed E-state index contributed by atoms with van der Waals surface area (Å²) in [5.41, 5.74) is 4.46. The predicted octanol–water partition coefficient (Wildman–Crippen LogP) is 4.39. The standard InChI is InChI=1S/C29H36FN5O3/c1-20(2)32-9-6-21(7-10-32)22-3-4-25(26(30)15-22)23-16-28-27(5-8-31-35(28)17-23)33-11-13-34(14-12-33)29(36)38-24-18-37-19-24/h3-5,8,15-17,20-21,24H,6-7,9-14,18-19H2,1-2H3. The van der Waals surface area contributed by atoms with Crippen molar-refractivity contribution in [3.8, 4) is 11.1 Å². The predicted molar refractivity (Wildman–Crippen MR) is 144 cm³/mol. The normalized spacial score (nSPS) is 19.8. The van der Waals surface area contributed by atoms with E-state index >= 15 is 4.39 Å². The third kappa shape index (κ3) is 4.97. The lowest BCUT2D eigenvalue weighted by Gasteiger charge is -2.37. The number of hydrogen-bond donors (Lipinski definition) is 0. The number of aromatic nitrogens is 2. The first-order valence-electron chi connectivity index (χ1n) is 13.8. The minimum atomic E-state index is -0.271. The molecule has 0 unspecified atom stereocenters. The van der Waals surface area contributed by atoms with Gasteiger partial charge < -0.3 is 24.2 Å². The van der Waals surface area contributed by atoms with Crippen molar-refractivity contribution in [2.45, 2.75) is 44.8 Å². The zero-order valence-corrected chi connectivity index (χ0v) is 22.2. The van der Waals surface area contributed by atoms with Gasteiger partial charge in [0.05, 0.1) is 24.4 Å². The molecule has 3 fully saturated rings. The van der Waals surface area contributed by atoms with E-state index in [9.17, 15) is 4.79 Å². The van der Waals surface area contributed by atoms with Crippen molar-refractivity contribution in [1.82, 2.24) is 19.4 Å². The highest BCUT2D eigenvalue weighted by Crippen LogP contribution is 2.34. The molecule has 2 aromatic heterocycles. The van der Waals surface area contributed by atoms with Gasteiger partial charge in [0.1, 0.15) is 5.82 Å². The number of ether oxygens (including phenoxy) is 2. The minimum Gasteiger partial charge on any atom is -0.441 e. The van der Waals surface area contributed by atoms with Crippen molar-refractivity contribution in [3.05, 3.63) is 54.1 Å². The SMILES string of the molecule is CC(C)N1CCC(c2ccc(-c3cc4c(N5CCN(C(=O)OC6COC6)CC5)ccnn4c3)c(F)c2)CC1. The van der Waals surface area contributed by atoms with Crippen LogP contribution in [0.25, 0.3) is 16.6 Å². The second-order valence-corrected chi connectivity index (χ2v) is 10.9. The van der Waals surface area contributed by atoms with E-state index in [1.165, 1.54) is 0 Å². The van der Waals surface area contributed by atoms with Crippen LogP contribution in [-0.4, -0.2) is 90.1 Å². The number of benzene rings is 1. The molecule has 1 aromatic carbocycles. The topological polar surface area (TPSA) is 62.5 Å². The van der Waals surface area contributed by atoms with Crippen LogP contribution in [0.15, 0.2) is 42.7 Å². The van der Waals surface area contributed by atoms with E-state index in [0.717, 1.165) is 48.3 Å². The molecule has 0 aliphatic carbocycles. The van der Waals surface area contributed by atoms with Gasteiger partial charge in [-0.25, -0.2) is 13.7 Å². The lowest BCUT2D eigenvalue weighted by atomic mass is 9.88. The largest absolute Gasteiger partial charge is 0.441 e. The maximum absolute atomic E-state index is 15.4. The Morgan fingerprint density at radius 3 is 2.47 bits per heavy atom. The molecule has 9 heteroatoms. The van der Waals surface area contributed by atoms with Crippen LogP contribution < -0.4 is 4.90 Å². The van der Waals surface area contributed by atoms with E-state index in [0.29, 0.717) is 56.9 Å².